The second-order valence-electron chi connectivity index (χ2n) is 9.28. The smallest absolute Gasteiger partial charge is 0.252 e. The largest absolute Gasteiger partial charge is 0.346 e. The highest BCUT2D eigenvalue weighted by molar-refractivity contribution is 5.98. The van der Waals surface area contributed by atoms with Crippen LogP contribution in [-0.4, -0.2) is 35.8 Å². The average molecular weight is 418 g/mol. The molecule has 0 aliphatic carbocycles. The molecule has 5 rings (SSSR count). The van der Waals surface area contributed by atoms with Crippen LogP contribution in [-0.2, 0) is 11.2 Å². The van der Waals surface area contributed by atoms with Gasteiger partial charge in [-0.05, 0) is 68.3 Å². The Labute approximate surface area is 184 Å². The second-order valence-corrected chi connectivity index (χ2v) is 9.28. The van der Waals surface area contributed by atoms with Crippen molar-refractivity contribution in [1.29, 1.82) is 0 Å². The highest BCUT2D eigenvalue weighted by atomic mass is 16.2. The summed E-state index contributed by atoms with van der Waals surface area (Å²) in [6.07, 6.45) is 3.74. The molecule has 2 aromatic carbocycles. The molecule has 0 radical (unpaired) electrons. The number of rotatable bonds is 3. The molecule has 0 bridgehead atoms. The minimum Gasteiger partial charge on any atom is -0.346 e. The number of amides is 2. The van der Waals surface area contributed by atoms with Crippen LogP contribution in [0.25, 0.3) is 0 Å². The van der Waals surface area contributed by atoms with Crippen molar-refractivity contribution in [3.63, 3.8) is 0 Å². The quantitative estimate of drug-likeness (QED) is 0.801. The van der Waals surface area contributed by atoms with Crippen molar-refractivity contribution in [2.24, 2.45) is 5.92 Å². The van der Waals surface area contributed by atoms with Crippen LogP contribution in [0.15, 0.2) is 42.5 Å². The Kier molecular flexibility index (Phi) is 5.30. The van der Waals surface area contributed by atoms with Crippen LogP contribution < -0.4 is 10.6 Å². The molecule has 2 fully saturated rings. The third-order valence-corrected chi connectivity index (χ3v) is 7.41. The average Bonchev–Trinajstić information content (AvgIpc) is 2.79. The number of nitrogens with zero attached hydrogens (tertiary/aromatic N) is 1. The van der Waals surface area contributed by atoms with Gasteiger partial charge in [0, 0.05) is 18.2 Å². The third-order valence-electron chi connectivity index (χ3n) is 7.41. The van der Waals surface area contributed by atoms with Gasteiger partial charge in [0.1, 0.15) is 0 Å². The molecule has 3 aliphatic heterocycles. The van der Waals surface area contributed by atoms with Gasteiger partial charge in [-0.2, -0.15) is 0 Å². The van der Waals surface area contributed by atoms with E-state index >= 15 is 0 Å². The van der Waals surface area contributed by atoms with Gasteiger partial charge in [0.15, 0.2) is 0 Å². The number of fused-ring (bicyclic) bond motifs is 4. The molecule has 3 aliphatic rings. The highest BCUT2D eigenvalue weighted by Crippen LogP contribution is 2.43. The summed E-state index contributed by atoms with van der Waals surface area (Å²) in [4.78, 5) is 28.9. The number of piperidine rings is 2. The highest BCUT2D eigenvalue weighted by Gasteiger charge is 2.46. The molecule has 3 heterocycles. The van der Waals surface area contributed by atoms with E-state index in [1.165, 1.54) is 5.56 Å². The fourth-order valence-corrected chi connectivity index (χ4v) is 5.78. The third kappa shape index (κ3) is 3.55. The van der Waals surface area contributed by atoms with Crippen molar-refractivity contribution in [3.8, 4) is 0 Å². The van der Waals surface area contributed by atoms with E-state index in [4.69, 9.17) is 0 Å². The Morgan fingerprint density at radius 1 is 1.19 bits per heavy atom. The maximum Gasteiger partial charge on any atom is 0.252 e. The van der Waals surface area contributed by atoms with Crippen LogP contribution in [0.1, 0.15) is 70.9 Å². The molecular formula is C26H31N3O2. The van der Waals surface area contributed by atoms with E-state index in [1.54, 1.807) is 0 Å². The molecule has 0 unspecified atom stereocenters. The molecule has 0 spiro atoms. The fourth-order valence-electron chi connectivity index (χ4n) is 5.78. The summed E-state index contributed by atoms with van der Waals surface area (Å²) >= 11 is 0. The summed E-state index contributed by atoms with van der Waals surface area (Å²) < 4.78 is 0. The number of hydrogen-bond acceptors (Lipinski definition) is 3. The molecule has 0 saturated carbocycles. The van der Waals surface area contributed by atoms with Gasteiger partial charge in [0.05, 0.1) is 18.0 Å². The van der Waals surface area contributed by atoms with Crippen molar-refractivity contribution in [2.75, 3.05) is 13.1 Å². The maximum absolute atomic E-state index is 13.5. The van der Waals surface area contributed by atoms with E-state index in [2.05, 4.69) is 27.7 Å². The normalized spacial score (nSPS) is 25.8. The molecule has 2 saturated heterocycles. The molecule has 5 heteroatoms. The van der Waals surface area contributed by atoms with Crippen LogP contribution in [0.4, 0.5) is 0 Å². The zero-order valence-corrected chi connectivity index (χ0v) is 18.4. The molecular weight excluding hydrogens is 386 g/mol. The predicted molar refractivity (Wildman–Crippen MR) is 121 cm³/mol. The van der Waals surface area contributed by atoms with Gasteiger partial charge in [0.25, 0.3) is 5.91 Å². The van der Waals surface area contributed by atoms with Crippen molar-refractivity contribution >= 4 is 11.8 Å². The Morgan fingerprint density at radius 3 is 2.81 bits per heavy atom. The zero-order valence-electron chi connectivity index (χ0n) is 18.4. The Hall–Kier alpha value is -2.66. The van der Waals surface area contributed by atoms with Gasteiger partial charge in [0.2, 0.25) is 5.91 Å². The van der Waals surface area contributed by atoms with Crippen LogP contribution in [0.2, 0.25) is 0 Å². The number of carbonyl (C=O) groups excluding carboxylic acids is 2. The summed E-state index contributed by atoms with van der Waals surface area (Å²) in [5.74, 6) is 0.315. The molecule has 2 aromatic rings. The zero-order chi connectivity index (χ0) is 21.5. The van der Waals surface area contributed by atoms with Gasteiger partial charge < -0.3 is 15.5 Å². The summed E-state index contributed by atoms with van der Waals surface area (Å²) in [7, 11) is 0. The lowest BCUT2D eigenvalue weighted by atomic mass is 9.75. The van der Waals surface area contributed by atoms with Crippen LogP contribution in [0, 0.1) is 12.8 Å². The maximum atomic E-state index is 13.5. The van der Waals surface area contributed by atoms with E-state index in [0.29, 0.717) is 0 Å². The second kappa shape index (κ2) is 8.12. The van der Waals surface area contributed by atoms with Gasteiger partial charge in [-0.15, -0.1) is 0 Å². The number of carbonyl (C=O) groups is 2. The molecule has 31 heavy (non-hydrogen) atoms. The van der Waals surface area contributed by atoms with Gasteiger partial charge in [-0.25, -0.2) is 0 Å². The van der Waals surface area contributed by atoms with Gasteiger partial charge in [-0.3, -0.25) is 9.59 Å². The lowest BCUT2D eigenvalue weighted by molar-refractivity contribution is -0.145. The van der Waals surface area contributed by atoms with Crippen LogP contribution in [0.5, 0.6) is 0 Å². The molecule has 5 nitrogen and oxygen atoms in total. The summed E-state index contributed by atoms with van der Waals surface area (Å²) in [6, 6.07) is 14.4. The Balaban J connectivity index is 1.49. The first-order chi connectivity index (χ1) is 15.0. The fraction of sp³-hybridized carbons (Fsp3) is 0.462. The summed E-state index contributed by atoms with van der Waals surface area (Å²) in [5.41, 5.74) is 5.11. The first kappa shape index (κ1) is 20.3. The topological polar surface area (TPSA) is 61.4 Å². The summed E-state index contributed by atoms with van der Waals surface area (Å²) in [6.45, 7) is 5.76. The Morgan fingerprint density at radius 2 is 2.00 bits per heavy atom. The van der Waals surface area contributed by atoms with Crippen molar-refractivity contribution in [1.82, 2.24) is 15.5 Å². The molecule has 2 N–H and O–H groups in total. The number of benzene rings is 2. The van der Waals surface area contributed by atoms with Crippen molar-refractivity contribution in [2.45, 2.75) is 57.7 Å². The standard InChI is InChI=1S/C26H31N3O2/c1-16-10-11-19-12-14-29-22(15-21-20(26(29)31)9-6-13-27-21)24(19)23(16)25(30)28-17(2)18-7-4-3-5-8-18/h3-5,7-8,10-11,17,20-22,27H,6,9,12-15H2,1-2H3,(H,28,30)/t17-,20-,21-,22-/m1/s1. The molecule has 4 atom stereocenters. The van der Waals surface area contributed by atoms with E-state index in [1.807, 2.05) is 44.2 Å². The Bertz CT molecular complexity index is 1000. The van der Waals surface area contributed by atoms with Gasteiger partial charge >= 0.3 is 0 Å². The monoisotopic (exact) mass is 417 g/mol. The molecule has 162 valence electrons. The molecule has 2 amide bonds. The first-order valence-corrected chi connectivity index (χ1v) is 11.6. The van der Waals surface area contributed by atoms with Gasteiger partial charge in [-0.1, -0.05) is 42.5 Å². The van der Waals surface area contributed by atoms with E-state index in [0.717, 1.165) is 61.0 Å². The lowest BCUT2D eigenvalue weighted by Crippen LogP contribution is -2.58. The first-order valence-electron chi connectivity index (χ1n) is 11.6. The van der Waals surface area contributed by atoms with Crippen molar-refractivity contribution < 1.29 is 9.59 Å². The van der Waals surface area contributed by atoms with Crippen molar-refractivity contribution in [3.05, 3.63) is 70.3 Å². The number of hydrogen-bond donors (Lipinski definition) is 2. The van der Waals surface area contributed by atoms with Crippen LogP contribution >= 0.6 is 0 Å². The molecule has 0 aromatic heterocycles. The number of nitrogens with one attached hydrogen (secondary N) is 2. The SMILES string of the molecule is Cc1ccc2c(c1C(=O)N[C@H](C)c1ccccc1)[C@H]1C[C@H]3NCCC[C@H]3C(=O)N1CC2. The summed E-state index contributed by atoms with van der Waals surface area (Å²) in [5, 5.41) is 6.79. The lowest BCUT2D eigenvalue weighted by Gasteiger charge is -2.49. The number of aryl methyl sites for hydroxylation is 1. The van der Waals surface area contributed by atoms with E-state index in [9.17, 15) is 9.59 Å². The van der Waals surface area contributed by atoms with E-state index in [-0.39, 0.29) is 35.9 Å². The minimum absolute atomic E-state index is 0.0178. The van der Waals surface area contributed by atoms with E-state index < -0.39 is 0 Å². The minimum atomic E-state index is -0.0824. The van der Waals surface area contributed by atoms with Crippen LogP contribution in [0.3, 0.4) is 0 Å². The predicted octanol–water partition coefficient (Wildman–Crippen LogP) is 3.68.